The molecule has 116 valence electrons. The standard InChI is InChI=1S/C16H30N2O2/c1-2-16(9-6-10-17-13-16)15(19)18-11-12-20-14-7-4-3-5-8-14/h14,17H,2-13H2,1H3,(H,18,19). The van der Waals surface area contributed by atoms with Crippen molar-refractivity contribution in [3.8, 4) is 0 Å². The summed E-state index contributed by atoms with van der Waals surface area (Å²) in [6, 6.07) is 0. The molecule has 4 heteroatoms. The second-order valence-electron chi connectivity index (χ2n) is 6.30. The first-order valence-electron chi connectivity index (χ1n) is 8.37. The maximum Gasteiger partial charge on any atom is 0.227 e. The van der Waals surface area contributed by atoms with E-state index in [1.54, 1.807) is 0 Å². The monoisotopic (exact) mass is 282 g/mol. The molecule has 1 aliphatic carbocycles. The number of hydrogen-bond acceptors (Lipinski definition) is 3. The summed E-state index contributed by atoms with van der Waals surface area (Å²) in [5, 5.41) is 6.44. The summed E-state index contributed by atoms with van der Waals surface area (Å²) in [6.07, 6.45) is 9.76. The molecule has 1 saturated carbocycles. The Balaban J connectivity index is 1.65. The molecule has 0 bridgehead atoms. The van der Waals surface area contributed by atoms with E-state index in [4.69, 9.17) is 4.74 Å². The summed E-state index contributed by atoms with van der Waals surface area (Å²) in [5.41, 5.74) is -0.191. The molecule has 0 aromatic carbocycles. The number of carbonyl (C=O) groups excluding carboxylic acids is 1. The van der Waals surface area contributed by atoms with Crippen LogP contribution >= 0.6 is 0 Å². The highest BCUT2D eigenvalue weighted by Gasteiger charge is 2.37. The number of hydrogen-bond donors (Lipinski definition) is 2. The highest BCUT2D eigenvalue weighted by molar-refractivity contribution is 5.83. The van der Waals surface area contributed by atoms with Crippen molar-refractivity contribution in [1.82, 2.24) is 10.6 Å². The van der Waals surface area contributed by atoms with E-state index in [0.717, 1.165) is 32.4 Å². The van der Waals surface area contributed by atoms with E-state index in [9.17, 15) is 4.79 Å². The predicted octanol–water partition coefficient (Wildman–Crippen LogP) is 2.23. The van der Waals surface area contributed by atoms with Crippen molar-refractivity contribution in [2.45, 2.75) is 64.4 Å². The van der Waals surface area contributed by atoms with Crippen molar-refractivity contribution < 1.29 is 9.53 Å². The van der Waals surface area contributed by atoms with E-state index >= 15 is 0 Å². The molecule has 2 rings (SSSR count). The Hall–Kier alpha value is -0.610. The molecule has 1 atom stereocenters. The normalized spacial score (nSPS) is 28.2. The lowest BCUT2D eigenvalue weighted by molar-refractivity contribution is -0.132. The molecule has 0 spiro atoms. The number of ether oxygens (including phenoxy) is 1. The molecule has 0 aromatic heterocycles. The topological polar surface area (TPSA) is 50.4 Å². The summed E-state index contributed by atoms with van der Waals surface area (Å²) in [5.74, 6) is 0.208. The van der Waals surface area contributed by atoms with Crippen LogP contribution in [-0.4, -0.2) is 38.3 Å². The molecule has 20 heavy (non-hydrogen) atoms. The Bertz CT molecular complexity index is 295. The average molecular weight is 282 g/mol. The maximum atomic E-state index is 12.4. The van der Waals surface area contributed by atoms with Crippen LogP contribution in [0.5, 0.6) is 0 Å². The third-order valence-corrected chi connectivity index (χ3v) is 4.92. The van der Waals surface area contributed by atoms with Crippen LogP contribution in [0.25, 0.3) is 0 Å². The minimum Gasteiger partial charge on any atom is -0.376 e. The van der Waals surface area contributed by atoms with Gasteiger partial charge in [-0.15, -0.1) is 0 Å². The van der Waals surface area contributed by atoms with Crippen molar-refractivity contribution >= 4 is 5.91 Å². The van der Waals surface area contributed by atoms with Gasteiger partial charge < -0.3 is 15.4 Å². The van der Waals surface area contributed by atoms with Gasteiger partial charge in [-0.1, -0.05) is 26.2 Å². The number of carbonyl (C=O) groups is 1. The molecule has 1 amide bonds. The lowest BCUT2D eigenvalue weighted by Gasteiger charge is -2.35. The highest BCUT2D eigenvalue weighted by Crippen LogP contribution is 2.30. The number of rotatable bonds is 6. The van der Waals surface area contributed by atoms with Gasteiger partial charge in [0.15, 0.2) is 0 Å². The molecule has 4 nitrogen and oxygen atoms in total. The Morgan fingerprint density at radius 1 is 1.30 bits per heavy atom. The van der Waals surface area contributed by atoms with Crippen LogP contribution in [0.2, 0.25) is 0 Å². The largest absolute Gasteiger partial charge is 0.376 e. The molecule has 1 aliphatic heterocycles. The quantitative estimate of drug-likeness (QED) is 0.735. The summed E-state index contributed by atoms with van der Waals surface area (Å²) in [4.78, 5) is 12.4. The van der Waals surface area contributed by atoms with Crippen molar-refractivity contribution in [3.05, 3.63) is 0 Å². The lowest BCUT2D eigenvalue weighted by atomic mass is 9.77. The van der Waals surface area contributed by atoms with Crippen molar-refractivity contribution in [3.63, 3.8) is 0 Å². The molecule has 1 unspecified atom stereocenters. The van der Waals surface area contributed by atoms with Gasteiger partial charge in [-0.05, 0) is 38.6 Å². The first-order chi connectivity index (χ1) is 9.77. The third kappa shape index (κ3) is 4.19. The van der Waals surface area contributed by atoms with Gasteiger partial charge in [0.1, 0.15) is 0 Å². The second kappa shape index (κ2) is 7.99. The highest BCUT2D eigenvalue weighted by atomic mass is 16.5. The fourth-order valence-corrected chi connectivity index (χ4v) is 3.43. The Morgan fingerprint density at radius 2 is 2.10 bits per heavy atom. The minimum atomic E-state index is -0.191. The van der Waals surface area contributed by atoms with Gasteiger partial charge in [0, 0.05) is 13.1 Å². The van der Waals surface area contributed by atoms with E-state index in [1.165, 1.54) is 32.1 Å². The molecule has 0 radical (unpaired) electrons. The first-order valence-corrected chi connectivity index (χ1v) is 8.37. The second-order valence-corrected chi connectivity index (χ2v) is 6.30. The van der Waals surface area contributed by atoms with E-state index in [1.807, 2.05) is 0 Å². The smallest absolute Gasteiger partial charge is 0.227 e. The number of nitrogens with one attached hydrogen (secondary N) is 2. The number of amides is 1. The molecule has 2 N–H and O–H groups in total. The SMILES string of the molecule is CCC1(C(=O)NCCOC2CCCCC2)CCCNC1. The number of piperidine rings is 1. The van der Waals surface area contributed by atoms with Gasteiger partial charge in [-0.2, -0.15) is 0 Å². The zero-order chi connectivity index (χ0) is 14.3. The van der Waals surface area contributed by atoms with Crippen molar-refractivity contribution in [2.75, 3.05) is 26.2 Å². The Labute approximate surface area is 123 Å². The van der Waals surface area contributed by atoms with E-state index in [-0.39, 0.29) is 11.3 Å². The van der Waals surface area contributed by atoms with Crippen LogP contribution in [0.1, 0.15) is 58.3 Å². The average Bonchev–Trinajstić information content (AvgIpc) is 2.53. The van der Waals surface area contributed by atoms with Crippen LogP contribution in [0.4, 0.5) is 0 Å². The summed E-state index contributed by atoms with van der Waals surface area (Å²) in [6.45, 7) is 5.28. The molecular formula is C16H30N2O2. The van der Waals surface area contributed by atoms with Crippen LogP contribution in [0.15, 0.2) is 0 Å². The fourth-order valence-electron chi connectivity index (χ4n) is 3.43. The zero-order valence-corrected chi connectivity index (χ0v) is 12.9. The molecule has 1 saturated heterocycles. The Kier molecular flexibility index (Phi) is 6.30. The van der Waals surface area contributed by atoms with Gasteiger partial charge in [-0.25, -0.2) is 0 Å². The molecule has 0 aromatic rings. The van der Waals surface area contributed by atoms with E-state index in [0.29, 0.717) is 19.3 Å². The van der Waals surface area contributed by atoms with Crippen LogP contribution in [0, 0.1) is 5.41 Å². The summed E-state index contributed by atoms with van der Waals surface area (Å²) < 4.78 is 5.86. The molecule has 1 heterocycles. The van der Waals surface area contributed by atoms with Gasteiger partial charge >= 0.3 is 0 Å². The predicted molar refractivity (Wildman–Crippen MR) is 80.7 cm³/mol. The van der Waals surface area contributed by atoms with Gasteiger partial charge in [-0.3, -0.25) is 4.79 Å². The van der Waals surface area contributed by atoms with Crippen LogP contribution < -0.4 is 10.6 Å². The third-order valence-electron chi connectivity index (χ3n) is 4.92. The fraction of sp³-hybridized carbons (Fsp3) is 0.938. The van der Waals surface area contributed by atoms with E-state index < -0.39 is 0 Å². The lowest BCUT2D eigenvalue weighted by Crippen LogP contribution is -2.50. The van der Waals surface area contributed by atoms with Gasteiger partial charge in [0.2, 0.25) is 5.91 Å². The summed E-state index contributed by atoms with van der Waals surface area (Å²) in [7, 11) is 0. The van der Waals surface area contributed by atoms with Gasteiger partial charge in [0.05, 0.1) is 18.1 Å². The maximum absolute atomic E-state index is 12.4. The van der Waals surface area contributed by atoms with Crippen molar-refractivity contribution in [1.29, 1.82) is 0 Å². The summed E-state index contributed by atoms with van der Waals surface area (Å²) >= 11 is 0. The van der Waals surface area contributed by atoms with Crippen molar-refractivity contribution in [2.24, 2.45) is 5.41 Å². The minimum absolute atomic E-state index is 0.191. The Morgan fingerprint density at radius 3 is 2.75 bits per heavy atom. The molecule has 2 fully saturated rings. The van der Waals surface area contributed by atoms with E-state index in [2.05, 4.69) is 17.6 Å². The van der Waals surface area contributed by atoms with Crippen LogP contribution in [-0.2, 0) is 9.53 Å². The molecule has 2 aliphatic rings. The zero-order valence-electron chi connectivity index (χ0n) is 12.9. The molecular weight excluding hydrogens is 252 g/mol. The van der Waals surface area contributed by atoms with Gasteiger partial charge in [0.25, 0.3) is 0 Å². The first kappa shape index (κ1) is 15.8. The van der Waals surface area contributed by atoms with Crippen LogP contribution in [0.3, 0.4) is 0 Å².